The summed E-state index contributed by atoms with van der Waals surface area (Å²) in [5.74, 6) is -2.30. The number of thioether (sulfide) groups is 1. The van der Waals surface area contributed by atoms with Crippen molar-refractivity contribution in [1.82, 2.24) is 20.2 Å². The molecule has 2 atom stereocenters. The van der Waals surface area contributed by atoms with Crippen LogP contribution in [0.5, 0.6) is 0 Å². The van der Waals surface area contributed by atoms with E-state index in [4.69, 9.17) is 5.73 Å². The van der Waals surface area contributed by atoms with Crippen LogP contribution in [0.25, 0.3) is 6.08 Å². The molecular weight excluding hydrogens is 488 g/mol. The zero-order valence-electron chi connectivity index (χ0n) is 16.6. The predicted molar refractivity (Wildman–Crippen MR) is 125 cm³/mol. The molecule has 2 amide bonds. The molecule has 5 N–H and O–H groups in total. The first kappa shape index (κ1) is 22.7. The molecule has 4 heterocycles. The number of allylic oxidation sites excluding steroid dienone is 3. The molecule has 0 bridgehead atoms. The van der Waals surface area contributed by atoms with E-state index >= 15 is 0 Å². The number of fused-ring (bicyclic) bond motifs is 1. The fraction of sp³-hybridized carbons (Fsp3) is 0.158. The van der Waals surface area contributed by atoms with Crippen molar-refractivity contribution in [1.29, 1.82) is 0 Å². The lowest BCUT2D eigenvalue weighted by Gasteiger charge is -2.49. The van der Waals surface area contributed by atoms with Crippen molar-refractivity contribution >= 4 is 69.1 Å². The lowest BCUT2D eigenvalue weighted by atomic mass is 10.0. The Balaban J connectivity index is 1.48. The van der Waals surface area contributed by atoms with Gasteiger partial charge in [0.15, 0.2) is 10.8 Å². The second kappa shape index (κ2) is 9.56. The number of β-lactam (4-membered cyclic amide) rings is 1. The number of carboxylic acid groups (broad SMARTS) is 1. The molecule has 4 rings (SSSR count). The molecule has 2 aromatic rings. The Kier molecular flexibility index (Phi) is 6.57. The van der Waals surface area contributed by atoms with Crippen LogP contribution in [0.15, 0.2) is 50.9 Å². The lowest BCUT2D eigenvalue weighted by molar-refractivity contribution is -0.150. The van der Waals surface area contributed by atoms with Crippen LogP contribution in [0.2, 0.25) is 0 Å². The molecule has 33 heavy (non-hydrogen) atoms. The first-order valence-electron chi connectivity index (χ1n) is 9.29. The van der Waals surface area contributed by atoms with E-state index in [9.17, 15) is 24.7 Å². The van der Waals surface area contributed by atoms with Gasteiger partial charge in [-0.3, -0.25) is 14.5 Å². The topological polar surface area (TPSA) is 171 Å². The molecule has 2 aliphatic heterocycles. The van der Waals surface area contributed by atoms with Crippen molar-refractivity contribution in [3.05, 3.63) is 57.2 Å². The van der Waals surface area contributed by atoms with E-state index in [1.165, 1.54) is 28.5 Å². The number of nitrogens with one attached hydrogen (secondary N) is 1. The number of nitrogen functional groups attached to an aromatic ring is 1. The van der Waals surface area contributed by atoms with Crippen molar-refractivity contribution in [3.63, 3.8) is 0 Å². The van der Waals surface area contributed by atoms with Gasteiger partial charge in [0.25, 0.3) is 11.8 Å². The van der Waals surface area contributed by atoms with E-state index < -0.39 is 29.2 Å². The van der Waals surface area contributed by atoms with Crippen molar-refractivity contribution in [2.75, 3.05) is 11.5 Å². The summed E-state index contributed by atoms with van der Waals surface area (Å²) in [6.07, 6.45) is 6.84. The fourth-order valence-corrected chi connectivity index (χ4v) is 5.61. The van der Waals surface area contributed by atoms with Crippen molar-refractivity contribution in [2.45, 2.75) is 11.4 Å². The smallest absolute Gasteiger partial charge is 0.352 e. The summed E-state index contributed by atoms with van der Waals surface area (Å²) < 4.78 is 0. The van der Waals surface area contributed by atoms with Gasteiger partial charge in [0.2, 0.25) is 0 Å². The Morgan fingerprint density at radius 2 is 2.09 bits per heavy atom. The summed E-state index contributed by atoms with van der Waals surface area (Å²) >= 11 is 3.85. The van der Waals surface area contributed by atoms with Crippen LogP contribution in [0.1, 0.15) is 11.4 Å². The van der Waals surface area contributed by atoms with Crippen LogP contribution in [0.4, 0.5) is 5.13 Å². The minimum atomic E-state index is -1.24. The van der Waals surface area contributed by atoms with Gasteiger partial charge >= 0.3 is 5.97 Å². The molecule has 14 heteroatoms. The third-order valence-electron chi connectivity index (χ3n) is 4.69. The Hall–Kier alpha value is -3.49. The Morgan fingerprint density at radius 1 is 1.30 bits per heavy atom. The van der Waals surface area contributed by atoms with Gasteiger partial charge < -0.3 is 21.4 Å². The highest BCUT2D eigenvalue weighted by Gasteiger charge is 2.54. The van der Waals surface area contributed by atoms with Gasteiger partial charge in [0, 0.05) is 16.5 Å². The van der Waals surface area contributed by atoms with Crippen LogP contribution in [0, 0.1) is 0 Å². The molecule has 2 aromatic heterocycles. The zero-order chi connectivity index (χ0) is 23.5. The average Bonchev–Trinajstić information content (AvgIpc) is 3.46. The number of aromatic nitrogens is 2. The van der Waals surface area contributed by atoms with Gasteiger partial charge in [-0.25, -0.2) is 14.8 Å². The highest BCUT2D eigenvalue weighted by molar-refractivity contribution is 8.00. The van der Waals surface area contributed by atoms with Gasteiger partial charge in [-0.05, 0) is 11.6 Å². The summed E-state index contributed by atoms with van der Waals surface area (Å²) in [4.78, 5) is 46.4. The molecule has 0 spiro atoms. The van der Waals surface area contributed by atoms with Crippen LogP contribution in [-0.4, -0.2) is 65.8 Å². The van der Waals surface area contributed by atoms with E-state index in [0.717, 1.165) is 21.9 Å². The largest absolute Gasteiger partial charge is 0.477 e. The number of amides is 2. The van der Waals surface area contributed by atoms with E-state index in [1.54, 1.807) is 29.8 Å². The molecule has 0 radical (unpaired) electrons. The number of nitrogens with two attached hydrogens (primary N) is 1. The minimum Gasteiger partial charge on any atom is -0.477 e. The molecule has 0 aliphatic carbocycles. The molecule has 2 aliphatic rings. The predicted octanol–water partition coefficient (Wildman–Crippen LogP) is 1.37. The van der Waals surface area contributed by atoms with Crippen molar-refractivity contribution < 1.29 is 24.7 Å². The van der Waals surface area contributed by atoms with E-state index in [-0.39, 0.29) is 22.2 Å². The SMILES string of the molecule is Nc1nc(/C(=N/O)C(=O)N[C@@H]2C(=O)N3C(C(=O)O)=C(/C=C/C=C/c4cscn4)CS[C@H]23)cs1. The maximum atomic E-state index is 12.7. The first-order valence-corrected chi connectivity index (χ1v) is 12.2. The maximum absolute atomic E-state index is 12.7. The number of rotatable bonds is 7. The third-order valence-corrected chi connectivity index (χ3v) is 7.27. The maximum Gasteiger partial charge on any atom is 0.352 e. The van der Waals surface area contributed by atoms with Gasteiger partial charge in [0.1, 0.15) is 22.8 Å². The standard InChI is InChI=1S/C19H16N6O5S3/c20-19-22-11(7-33-19)12(24-30)15(26)23-13-16(27)25-14(18(28)29)9(5-32-17(13)25)3-1-2-4-10-6-31-8-21-10/h1-4,6-8,13,17,30H,5H2,(H2,20,22)(H,23,26)(H,28,29)/b3-1+,4-2+,24-12-/t13-,17-/m1/s1. The number of thiazole rings is 2. The Morgan fingerprint density at radius 3 is 2.73 bits per heavy atom. The molecular formula is C19H16N6O5S3. The van der Waals surface area contributed by atoms with Gasteiger partial charge in [-0.2, -0.15) is 0 Å². The minimum absolute atomic E-state index is 0.0710. The normalized spacial score (nSPS) is 20.9. The van der Waals surface area contributed by atoms with Gasteiger partial charge in [-0.1, -0.05) is 23.4 Å². The molecule has 11 nitrogen and oxygen atoms in total. The van der Waals surface area contributed by atoms with Crippen LogP contribution in [0.3, 0.4) is 0 Å². The summed E-state index contributed by atoms with van der Waals surface area (Å²) in [5, 5.41) is 27.3. The van der Waals surface area contributed by atoms with Crippen LogP contribution < -0.4 is 11.1 Å². The second-order valence-electron chi connectivity index (χ2n) is 6.69. The Bertz CT molecular complexity index is 1220. The van der Waals surface area contributed by atoms with Gasteiger partial charge in [-0.15, -0.1) is 34.4 Å². The molecule has 1 saturated heterocycles. The second-order valence-corrected chi connectivity index (χ2v) is 9.40. The summed E-state index contributed by atoms with van der Waals surface area (Å²) in [5.41, 5.74) is 8.07. The molecule has 0 saturated carbocycles. The number of carbonyl (C=O) groups excluding carboxylic acids is 2. The fourth-order valence-electron chi connectivity index (χ4n) is 3.22. The number of hydrogen-bond acceptors (Lipinski definition) is 11. The highest BCUT2D eigenvalue weighted by Crippen LogP contribution is 2.40. The number of hydrogen-bond donors (Lipinski definition) is 4. The van der Waals surface area contributed by atoms with Crippen molar-refractivity contribution in [3.8, 4) is 0 Å². The number of nitrogens with zero attached hydrogens (tertiary/aromatic N) is 4. The molecule has 170 valence electrons. The van der Waals surface area contributed by atoms with E-state index in [1.807, 2.05) is 5.38 Å². The number of anilines is 1. The quantitative estimate of drug-likeness (QED) is 0.143. The number of carboxylic acids is 1. The molecule has 0 aromatic carbocycles. The van der Waals surface area contributed by atoms with Crippen LogP contribution in [-0.2, 0) is 14.4 Å². The van der Waals surface area contributed by atoms with E-state index in [2.05, 4.69) is 20.4 Å². The molecule has 1 fully saturated rings. The number of aliphatic carboxylic acids is 1. The number of oxime groups is 1. The zero-order valence-corrected chi connectivity index (χ0v) is 19.1. The van der Waals surface area contributed by atoms with Crippen molar-refractivity contribution in [2.24, 2.45) is 5.16 Å². The first-order chi connectivity index (χ1) is 15.9. The monoisotopic (exact) mass is 504 g/mol. The molecule has 0 unspecified atom stereocenters. The Labute approximate surface area is 199 Å². The third kappa shape index (κ3) is 4.53. The van der Waals surface area contributed by atoms with Crippen LogP contribution >= 0.6 is 34.4 Å². The average molecular weight is 505 g/mol. The highest BCUT2D eigenvalue weighted by atomic mass is 32.2. The summed E-state index contributed by atoms with van der Waals surface area (Å²) in [6.45, 7) is 0. The van der Waals surface area contributed by atoms with Gasteiger partial charge in [0.05, 0.1) is 11.2 Å². The summed E-state index contributed by atoms with van der Waals surface area (Å²) in [7, 11) is 0. The summed E-state index contributed by atoms with van der Waals surface area (Å²) in [6, 6.07) is -0.973. The van der Waals surface area contributed by atoms with E-state index in [0.29, 0.717) is 11.3 Å². The number of carbonyl (C=O) groups is 3. The lowest BCUT2D eigenvalue weighted by Crippen LogP contribution is -2.71.